The Morgan fingerprint density at radius 2 is 2.13 bits per heavy atom. The highest BCUT2D eigenvalue weighted by Crippen LogP contribution is 2.13. The molecule has 0 bridgehead atoms. The van der Waals surface area contributed by atoms with E-state index in [2.05, 4.69) is 42.8 Å². The van der Waals surface area contributed by atoms with Crippen molar-refractivity contribution in [2.24, 2.45) is 11.7 Å². The lowest BCUT2D eigenvalue weighted by atomic mass is 10.0. The van der Waals surface area contributed by atoms with Crippen LogP contribution in [0.25, 0.3) is 0 Å². The largest absolute Gasteiger partial charge is 0.330 e. The van der Waals surface area contributed by atoms with E-state index in [1.807, 2.05) is 0 Å². The van der Waals surface area contributed by atoms with Crippen molar-refractivity contribution in [2.75, 3.05) is 6.54 Å². The van der Waals surface area contributed by atoms with Crippen LogP contribution < -0.4 is 5.73 Å². The lowest BCUT2D eigenvalue weighted by molar-refractivity contribution is 0.461. The summed E-state index contributed by atoms with van der Waals surface area (Å²) in [6.45, 7) is 7.31. The third kappa shape index (κ3) is 3.34. The highest BCUT2D eigenvalue weighted by Gasteiger charge is 2.09. The van der Waals surface area contributed by atoms with Gasteiger partial charge < -0.3 is 5.73 Å². The van der Waals surface area contributed by atoms with E-state index in [0.29, 0.717) is 12.0 Å². The molecule has 0 saturated heterocycles. The van der Waals surface area contributed by atoms with Crippen molar-refractivity contribution in [3.05, 3.63) is 18.0 Å². The zero-order chi connectivity index (χ0) is 11.3. The van der Waals surface area contributed by atoms with Crippen LogP contribution in [0.4, 0.5) is 0 Å². The molecule has 0 aliphatic rings. The van der Waals surface area contributed by atoms with Crippen LogP contribution in [-0.2, 0) is 6.42 Å². The van der Waals surface area contributed by atoms with Crippen molar-refractivity contribution < 1.29 is 0 Å². The summed E-state index contributed by atoms with van der Waals surface area (Å²) in [7, 11) is 0. The molecule has 0 aromatic carbocycles. The number of rotatable bonds is 6. The molecule has 1 heterocycles. The van der Waals surface area contributed by atoms with Gasteiger partial charge in [0, 0.05) is 12.2 Å². The van der Waals surface area contributed by atoms with E-state index in [1.54, 1.807) is 0 Å². The first kappa shape index (κ1) is 12.2. The Labute approximate surface area is 92.7 Å². The Bertz CT molecular complexity index is 276. The van der Waals surface area contributed by atoms with E-state index in [0.717, 1.165) is 25.8 Å². The average Bonchev–Trinajstić information content (AvgIpc) is 2.73. The third-order valence-corrected chi connectivity index (χ3v) is 3.11. The maximum absolute atomic E-state index is 5.69. The van der Waals surface area contributed by atoms with Gasteiger partial charge >= 0.3 is 0 Å². The Kier molecular flexibility index (Phi) is 4.82. The molecular formula is C12H23N3. The second-order valence-electron chi connectivity index (χ2n) is 4.26. The molecule has 0 aliphatic heterocycles. The lowest BCUT2D eigenvalue weighted by Crippen LogP contribution is -2.16. The van der Waals surface area contributed by atoms with Crippen LogP contribution in [0.1, 0.15) is 45.3 Å². The molecule has 0 amide bonds. The van der Waals surface area contributed by atoms with Crippen molar-refractivity contribution in [1.29, 1.82) is 0 Å². The van der Waals surface area contributed by atoms with E-state index < -0.39 is 0 Å². The predicted octanol–water partition coefficient (Wildman–Crippen LogP) is 2.38. The van der Waals surface area contributed by atoms with Crippen molar-refractivity contribution in [1.82, 2.24) is 9.78 Å². The summed E-state index contributed by atoms with van der Waals surface area (Å²) in [5.74, 6) is 0.574. The van der Waals surface area contributed by atoms with E-state index >= 15 is 0 Å². The van der Waals surface area contributed by atoms with Gasteiger partial charge in [0.2, 0.25) is 0 Å². The minimum Gasteiger partial charge on any atom is -0.330 e. The summed E-state index contributed by atoms with van der Waals surface area (Å²) < 4.78 is 2.05. The van der Waals surface area contributed by atoms with Gasteiger partial charge in [0.05, 0.1) is 5.69 Å². The molecule has 2 atom stereocenters. The SMILES string of the molecule is CCC(CN)Cc1ccn(C(C)CC)n1. The van der Waals surface area contributed by atoms with Crippen molar-refractivity contribution in [3.8, 4) is 0 Å². The molecule has 0 aliphatic carbocycles. The Morgan fingerprint density at radius 3 is 2.67 bits per heavy atom. The summed E-state index contributed by atoms with van der Waals surface area (Å²) in [5.41, 5.74) is 6.86. The summed E-state index contributed by atoms with van der Waals surface area (Å²) in [6, 6.07) is 2.61. The molecule has 0 spiro atoms. The van der Waals surface area contributed by atoms with Gasteiger partial charge in [0.25, 0.3) is 0 Å². The fraction of sp³-hybridized carbons (Fsp3) is 0.750. The van der Waals surface area contributed by atoms with Crippen molar-refractivity contribution in [3.63, 3.8) is 0 Å². The first-order valence-electron chi connectivity index (χ1n) is 5.95. The van der Waals surface area contributed by atoms with Gasteiger partial charge in [-0.2, -0.15) is 5.10 Å². The molecule has 2 unspecified atom stereocenters. The van der Waals surface area contributed by atoms with Crippen LogP contribution in [0.5, 0.6) is 0 Å². The predicted molar refractivity (Wildman–Crippen MR) is 63.8 cm³/mol. The number of aromatic nitrogens is 2. The highest BCUT2D eigenvalue weighted by molar-refractivity contribution is 5.01. The monoisotopic (exact) mass is 209 g/mol. The van der Waals surface area contributed by atoms with Crippen LogP contribution in [0.15, 0.2) is 12.3 Å². The molecule has 15 heavy (non-hydrogen) atoms. The van der Waals surface area contributed by atoms with Crippen LogP contribution >= 0.6 is 0 Å². The lowest BCUT2D eigenvalue weighted by Gasteiger charge is -2.10. The number of nitrogens with two attached hydrogens (primary N) is 1. The van der Waals surface area contributed by atoms with Crippen LogP contribution in [-0.4, -0.2) is 16.3 Å². The maximum Gasteiger partial charge on any atom is 0.0627 e. The fourth-order valence-electron chi connectivity index (χ4n) is 1.61. The van der Waals surface area contributed by atoms with Crippen LogP contribution in [0.3, 0.4) is 0 Å². The topological polar surface area (TPSA) is 43.8 Å². The first-order valence-corrected chi connectivity index (χ1v) is 5.95. The van der Waals surface area contributed by atoms with Gasteiger partial charge in [-0.3, -0.25) is 4.68 Å². The molecule has 0 fully saturated rings. The maximum atomic E-state index is 5.69. The number of nitrogens with zero attached hydrogens (tertiary/aromatic N) is 2. The minimum atomic E-state index is 0.497. The number of hydrogen-bond acceptors (Lipinski definition) is 2. The molecular weight excluding hydrogens is 186 g/mol. The Morgan fingerprint density at radius 1 is 1.40 bits per heavy atom. The smallest absolute Gasteiger partial charge is 0.0627 e. The van der Waals surface area contributed by atoms with Crippen LogP contribution in [0.2, 0.25) is 0 Å². The van der Waals surface area contributed by atoms with E-state index in [1.165, 1.54) is 5.69 Å². The summed E-state index contributed by atoms with van der Waals surface area (Å²) in [6.07, 6.45) is 5.34. The zero-order valence-electron chi connectivity index (χ0n) is 10.1. The van der Waals surface area contributed by atoms with E-state index in [9.17, 15) is 0 Å². The molecule has 0 saturated carbocycles. The minimum absolute atomic E-state index is 0.497. The summed E-state index contributed by atoms with van der Waals surface area (Å²) in [5, 5.41) is 4.58. The summed E-state index contributed by atoms with van der Waals surface area (Å²) in [4.78, 5) is 0. The van der Waals surface area contributed by atoms with Gasteiger partial charge in [0.1, 0.15) is 0 Å². The second-order valence-corrected chi connectivity index (χ2v) is 4.26. The average molecular weight is 209 g/mol. The highest BCUT2D eigenvalue weighted by atomic mass is 15.3. The first-order chi connectivity index (χ1) is 7.21. The van der Waals surface area contributed by atoms with E-state index in [-0.39, 0.29) is 0 Å². The standard InChI is InChI=1S/C12H23N3/c1-4-10(3)15-7-6-12(14-15)8-11(5-2)9-13/h6-7,10-11H,4-5,8-9,13H2,1-3H3. The quantitative estimate of drug-likeness (QED) is 0.781. The molecule has 3 nitrogen and oxygen atoms in total. The molecule has 0 radical (unpaired) electrons. The van der Waals surface area contributed by atoms with Gasteiger partial charge in [-0.05, 0) is 38.3 Å². The fourth-order valence-corrected chi connectivity index (χ4v) is 1.61. The normalized spacial score (nSPS) is 15.2. The third-order valence-electron chi connectivity index (χ3n) is 3.11. The van der Waals surface area contributed by atoms with Crippen molar-refractivity contribution in [2.45, 2.75) is 46.1 Å². The van der Waals surface area contributed by atoms with Gasteiger partial charge in [-0.1, -0.05) is 20.3 Å². The second kappa shape index (κ2) is 5.91. The van der Waals surface area contributed by atoms with Gasteiger partial charge in [0.15, 0.2) is 0 Å². The molecule has 1 aromatic heterocycles. The van der Waals surface area contributed by atoms with E-state index in [4.69, 9.17) is 5.73 Å². The summed E-state index contributed by atoms with van der Waals surface area (Å²) >= 11 is 0. The Balaban J connectivity index is 2.59. The van der Waals surface area contributed by atoms with Gasteiger partial charge in [-0.25, -0.2) is 0 Å². The van der Waals surface area contributed by atoms with Gasteiger partial charge in [-0.15, -0.1) is 0 Å². The van der Waals surface area contributed by atoms with Crippen molar-refractivity contribution >= 4 is 0 Å². The molecule has 1 rings (SSSR count). The molecule has 1 aromatic rings. The Hall–Kier alpha value is -0.830. The number of hydrogen-bond donors (Lipinski definition) is 1. The zero-order valence-corrected chi connectivity index (χ0v) is 10.1. The molecule has 3 heteroatoms. The molecule has 86 valence electrons. The molecule has 2 N–H and O–H groups in total. The van der Waals surface area contributed by atoms with Crippen LogP contribution in [0, 0.1) is 5.92 Å².